The van der Waals surface area contributed by atoms with Crippen LogP contribution < -0.4 is 5.32 Å². The number of piperidine rings is 2. The molecule has 3 heterocycles. The number of carbonyl (C=O) groups excluding carboxylic acids is 1. The third-order valence-electron chi connectivity index (χ3n) is 7.48. The van der Waals surface area contributed by atoms with Gasteiger partial charge in [-0.1, -0.05) is 13.8 Å². The molecule has 1 N–H and O–H groups in total. The molecule has 2 saturated heterocycles. The fraction of sp³-hybridized carbons (Fsp3) is 0.615. The molecule has 2 aromatic rings. The molecule has 2 aliphatic rings. The van der Waals surface area contributed by atoms with Crippen molar-refractivity contribution in [1.29, 1.82) is 0 Å². The number of hydrogen-bond donors (Lipinski definition) is 1. The second-order valence-corrected chi connectivity index (χ2v) is 14.2. The second-order valence-electron chi connectivity index (χ2n) is 11.4. The van der Waals surface area contributed by atoms with E-state index in [0.717, 1.165) is 44.3 Å². The Labute approximate surface area is 218 Å². The molecule has 198 valence electrons. The van der Waals surface area contributed by atoms with E-state index in [2.05, 4.69) is 15.2 Å². The number of aromatic nitrogens is 1. The Morgan fingerprint density at radius 3 is 2.44 bits per heavy atom. The summed E-state index contributed by atoms with van der Waals surface area (Å²) in [5.74, 6) is -0.142. The highest BCUT2D eigenvalue weighted by Crippen LogP contribution is 2.46. The number of likely N-dealkylation sites (tertiary alicyclic amines) is 1. The van der Waals surface area contributed by atoms with Gasteiger partial charge < -0.3 is 5.32 Å². The summed E-state index contributed by atoms with van der Waals surface area (Å²) in [5.41, 5.74) is 1.12. The summed E-state index contributed by atoms with van der Waals surface area (Å²) in [6, 6.07) is 6.12. The van der Waals surface area contributed by atoms with Crippen molar-refractivity contribution in [3.05, 3.63) is 35.5 Å². The molecule has 1 spiro atoms. The van der Waals surface area contributed by atoms with Gasteiger partial charge in [-0.25, -0.2) is 17.8 Å². The molecular formula is C26H37FN4O3S2. The highest BCUT2D eigenvalue weighted by molar-refractivity contribution is 7.89. The first-order valence-corrected chi connectivity index (χ1v) is 15.1. The number of nitrogens with one attached hydrogen (secondary N) is 1. The molecule has 0 bridgehead atoms. The zero-order valence-corrected chi connectivity index (χ0v) is 23.2. The van der Waals surface area contributed by atoms with E-state index in [0.29, 0.717) is 17.4 Å². The van der Waals surface area contributed by atoms with Crippen LogP contribution in [0.2, 0.25) is 0 Å². The molecule has 1 aromatic heterocycles. The smallest absolute Gasteiger partial charge is 0.240 e. The van der Waals surface area contributed by atoms with Gasteiger partial charge in [0.1, 0.15) is 5.82 Å². The van der Waals surface area contributed by atoms with Crippen LogP contribution in [0.1, 0.15) is 53.4 Å². The molecule has 36 heavy (non-hydrogen) atoms. The monoisotopic (exact) mass is 536 g/mol. The number of anilines is 1. The van der Waals surface area contributed by atoms with Crippen LogP contribution >= 0.6 is 11.3 Å². The molecule has 0 atom stereocenters. The van der Waals surface area contributed by atoms with Crippen LogP contribution in [-0.4, -0.2) is 66.0 Å². The normalized spacial score (nSPS) is 20.6. The lowest BCUT2D eigenvalue weighted by molar-refractivity contribution is -0.118. The minimum atomic E-state index is -3.32. The Morgan fingerprint density at radius 1 is 1.14 bits per heavy atom. The molecule has 0 aliphatic carbocycles. The van der Waals surface area contributed by atoms with Crippen molar-refractivity contribution in [2.24, 2.45) is 11.3 Å². The SMILES string of the molecule is CC(C)CS(=O)(=O)N1CC2(CCN(CC(=O)Nc3nc(-c4ccc(F)cc4)cs3)CC2)CCC1(C)C. The second kappa shape index (κ2) is 10.5. The van der Waals surface area contributed by atoms with Crippen LogP contribution in [0.5, 0.6) is 0 Å². The van der Waals surface area contributed by atoms with Gasteiger partial charge in [0.25, 0.3) is 0 Å². The van der Waals surface area contributed by atoms with Crippen LogP contribution in [0.15, 0.2) is 29.6 Å². The van der Waals surface area contributed by atoms with Gasteiger partial charge in [0.15, 0.2) is 5.13 Å². The maximum atomic E-state index is 13.2. The number of sulfonamides is 1. The van der Waals surface area contributed by atoms with E-state index in [4.69, 9.17) is 0 Å². The van der Waals surface area contributed by atoms with E-state index in [1.165, 1.54) is 23.5 Å². The number of halogens is 1. The summed E-state index contributed by atoms with van der Waals surface area (Å²) < 4.78 is 41.3. The number of amides is 1. The van der Waals surface area contributed by atoms with Crippen LogP contribution in [0.4, 0.5) is 9.52 Å². The molecule has 2 aliphatic heterocycles. The zero-order chi connectivity index (χ0) is 26.1. The fourth-order valence-electron chi connectivity index (χ4n) is 5.32. The summed E-state index contributed by atoms with van der Waals surface area (Å²) in [5, 5.41) is 5.25. The molecule has 2 fully saturated rings. The maximum absolute atomic E-state index is 13.2. The lowest BCUT2D eigenvalue weighted by Gasteiger charge is -2.53. The van der Waals surface area contributed by atoms with E-state index >= 15 is 0 Å². The first-order valence-electron chi connectivity index (χ1n) is 12.6. The van der Waals surface area contributed by atoms with E-state index in [1.807, 2.05) is 33.1 Å². The lowest BCUT2D eigenvalue weighted by Crippen LogP contribution is -2.59. The largest absolute Gasteiger partial charge is 0.301 e. The summed E-state index contributed by atoms with van der Waals surface area (Å²) in [6.45, 7) is 10.4. The van der Waals surface area contributed by atoms with Gasteiger partial charge >= 0.3 is 0 Å². The van der Waals surface area contributed by atoms with Crippen molar-refractivity contribution in [3.63, 3.8) is 0 Å². The number of benzene rings is 1. The third-order valence-corrected chi connectivity index (χ3v) is 10.6. The van der Waals surface area contributed by atoms with E-state index in [-0.39, 0.29) is 40.9 Å². The fourth-order valence-corrected chi connectivity index (χ4v) is 8.39. The highest BCUT2D eigenvalue weighted by Gasteiger charge is 2.48. The van der Waals surface area contributed by atoms with E-state index in [1.54, 1.807) is 16.4 Å². The van der Waals surface area contributed by atoms with Crippen molar-refractivity contribution in [2.45, 2.75) is 58.9 Å². The summed E-state index contributed by atoms with van der Waals surface area (Å²) >= 11 is 1.35. The van der Waals surface area contributed by atoms with Gasteiger partial charge in [-0.2, -0.15) is 4.31 Å². The molecule has 7 nitrogen and oxygen atoms in total. The van der Waals surface area contributed by atoms with Crippen molar-refractivity contribution in [2.75, 3.05) is 37.2 Å². The average molecular weight is 537 g/mol. The zero-order valence-electron chi connectivity index (χ0n) is 21.6. The standard InChI is InChI=1S/C26H37FN4O3S2/c1-19(2)17-36(33,34)31-18-26(10-9-25(31,3)4)11-13-30(14-12-26)15-23(32)29-24-28-22(16-35-24)20-5-7-21(27)8-6-20/h5-8,16,19H,9-15,17-18H2,1-4H3,(H,28,29,32). The molecule has 0 radical (unpaired) electrons. The predicted molar refractivity (Wildman–Crippen MR) is 143 cm³/mol. The Kier molecular flexibility index (Phi) is 7.90. The minimum Gasteiger partial charge on any atom is -0.301 e. The third kappa shape index (κ3) is 6.33. The first kappa shape index (κ1) is 27.2. The minimum absolute atomic E-state index is 0.0219. The van der Waals surface area contributed by atoms with Crippen molar-refractivity contribution >= 4 is 32.4 Å². The molecular weight excluding hydrogens is 499 g/mol. The number of thiazole rings is 1. The predicted octanol–water partition coefficient (Wildman–Crippen LogP) is 4.83. The summed E-state index contributed by atoms with van der Waals surface area (Å²) in [4.78, 5) is 19.3. The van der Waals surface area contributed by atoms with Crippen molar-refractivity contribution in [1.82, 2.24) is 14.2 Å². The number of carbonyl (C=O) groups is 1. The van der Waals surface area contributed by atoms with Gasteiger partial charge in [-0.15, -0.1) is 11.3 Å². The average Bonchev–Trinajstić information content (AvgIpc) is 3.25. The molecule has 4 rings (SSSR count). The number of nitrogens with zero attached hydrogens (tertiary/aromatic N) is 3. The highest BCUT2D eigenvalue weighted by atomic mass is 32.2. The number of rotatable bonds is 7. The van der Waals surface area contributed by atoms with Gasteiger partial charge in [0.05, 0.1) is 18.0 Å². The Balaban J connectivity index is 1.32. The van der Waals surface area contributed by atoms with Crippen LogP contribution in [-0.2, 0) is 14.8 Å². The van der Waals surface area contributed by atoms with Crippen LogP contribution in [0.3, 0.4) is 0 Å². The van der Waals surface area contributed by atoms with Gasteiger partial charge in [-0.05, 0) is 88.2 Å². The molecule has 1 amide bonds. The van der Waals surface area contributed by atoms with Crippen molar-refractivity contribution in [3.8, 4) is 11.3 Å². The lowest BCUT2D eigenvalue weighted by atomic mass is 9.69. The molecule has 0 saturated carbocycles. The quantitative estimate of drug-likeness (QED) is 0.548. The molecule has 1 aromatic carbocycles. The topological polar surface area (TPSA) is 82.6 Å². The Morgan fingerprint density at radius 2 is 1.81 bits per heavy atom. The van der Waals surface area contributed by atoms with Gasteiger partial charge in [0.2, 0.25) is 15.9 Å². The van der Waals surface area contributed by atoms with E-state index < -0.39 is 10.0 Å². The van der Waals surface area contributed by atoms with Gasteiger partial charge in [-0.3, -0.25) is 9.69 Å². The molecule has 10 heteroatoms. The van der Waals surface area contributed by atoms with Crippen molar-refractivity contribution < 1.29 is 17.6 Å². The Bertz CT molecular complexity index is 1170. The molecule has 0 unspecified atom stereocenters. The maximum Gasteiger partial charge on any atom is 0.240 e. The van der Waals surface area contributed by atoms with E-state index in [9.17, 15) is 17.6 Å². The number of hydrogen-bond acceptors (Lipinski definition) is 6. The van der Waals surface area contributed by atoms with Crippen LogP contribution in [0, 0.1) is 17.2 Å². The first-order chi connectivity index (χ1) is 16.9. The summed E-state index contributed by atoms with van der Waals surface area (Å²) in [6.07, 6.45) is 3.64. The Hall–Kier alpha value is -1.88. The summed E-state index contributed by atoms with van der Waals surface area (Å²) in [7, 11) is -3.32. The van der Waals surface area contributed by atoms with Crippen LogP contribution in [0.25, 0.3) is 11.3 Å². The van der Waals surface area contributed by atoms with Gasteiger partial charge in [0, 0.05) is 23.0 Å².